The van der Waals surface area contributed by atoms with Crippen LogP contribution in [0.25, 0.3) is 10.9 Å². The number of aryl methyl sites for hydroxylation is 1. The first-order valence-corrected chi connectivity index (χ1v) is 7.99. The Morgan fingerprint density at radius 1 is 1.27 bits per heavy atom. The van der Waals surface area contributed by atoms with E-state index in [9.17, 15) is 4.79 Å². The SMILES string of the molecule is Cc1cnc(NC(=O)c2cc(C(C)C)nc3ccccc23)s1. The van der Waals surface area contributed by atoms with E-state index in [-0.39, 0.29) is 11.8 Å². The average Bonchev–Trinajstić information content (AvgIpc) is 2.91. The van der Waals surface area contributed by atoms with Gasteiger partial charge in [0.15, 0.2) is 5.13 Å². The van der Waals surface area contributed by atoms with Crippen molar-refractivity contribution < 1.29 is 4.79 Å². The smallest absolute Gasteiger partial charge is 0.258 e. The Balaban J connectivity index is 2.06. The van der Waals surface area contributed by atoms with Crippen molar-refractivity contribution in [3.05, 3.63) is 52.7 Å². The molecule has 3 rings (SSSR count). The fourth-order valence-electron chi connectivity index (χ4n) is 2.26. The van der Waals surface area contributed by atoms with Crippen LogP contribution in [0.5, 0.6) is 0 Å². The van der Waals surface area contributed by atoms with Gasteiger partial charge in [-0.15, -0.1) is 11.3 Å². The first kappa shape index (κ1) is 14.7. The van der Waals surface area contributed by atoms with E-state index in [0.717, 1.165) is 21.5 Å². The number of para-hydroxylation sites is 1. The van der Waals surface area contributed by atoms with Gasteiger partial charge in [0.25, 0.3) is 5.91 Å². The third-order valence-electron chi connectivity index (χ3n) is 3.41. The zero-order chi connectivity index (χ0) is 15.7. The molecule has 1 N–H and O–H groups in total. The molecule has 0 aliphatic rings. The van der Waals surface area contributed by atoms with Gasteiger partial charge in [-0.2, -0.15) is 0 Å². The first-order chi connectivity index (χ1) is 10.5. The second-order valence-electron chi connectivity index (χ2n) is 5.50. The highest BCUT2D eigenvalue weighted by Gasteiger charge is 2.15. The van der Waals surface area contributed by atoms with Crippen LogP contribution in [-0.4, -0.2) is 15.9 Å². The molecule has 22 heavy (non-hydrogen) atoms. The summed E-state index contributed by atoms with van der Waals surface area (Å²) in [7, 11) is 0. The third-order valence-corrected chi connectivity index (χ3v) is 4.24. The quantitative estimate of drug-likeness (QED) is 0.781. The van der Waals surface area contributed by atoms with Gasteiger partial charge in [0.2, 0.25) is 0 Å². The van der Waals surface area contributed by atoms with Crippen molar-refractivity contribution in [2.24, 2.45) is 0 Å². The largest absolute Gasteiger partial charge is 0.298 e. The number of benzene rings is 1. The number of nitrogens with one attached hydrogen (secondary N) is 1. The molecule has 0 aliphatic carbocycles. The lowest BCUT2D eigenvalue weighted by molar-refractivity contribution is 0.102. The molecular formula is C17H17N3OS. The van der Waals surface area contributed by atoms with Gasteiger partial charge in [-0.3, -0.25) is 15.1 Å². The van der Waals surface area contributed by atoms with Gasteiger partial charge in [0, 0.05) is 22.2 Å². The molecule has 0 fully saturated rings. The topological polar surface area (TPSA) is 54.9 Å². The van der Waals surface area contributed by atoms with Gasteiger partial charge in [0.05, 0.1) is 11.1 Å². The predicted molar refractivity (Wildman–Crippen MR) is 90.6 cm³/mol. The molecule has 2 heterocycles. The van der Waals surface area contributed by atoms with Gasteiger partial charge in [-0.1, -0.05) is 32.0 Å². The minimum absolute atomic E-state index is 0.144. The molecule has 0 saturated heterocycles. The Morgan fingerprint density at radius 2 is 2.05 bits per heavy atom. The highest BCUT2D eigenvalue weighted by molar-refractivity contribution is 7.15. The molecule has 0 bridgehead atoms. The van der Waals surface area contributed by atoms with Crippen LogP contribution in [0.4, 0.5) is 5.13 Å². The molecule has 1 amide bonds. The van der Waals surface area contributed by atoms with E-state index in [1.807, 2.05) is 37.3 Å². The summed E-state index contributed by atoms with van der Waals surface area (Å²) in [6.45, 7) is 6.11. The number of thiazole rings is 1. The molecule has 2 aromatic heterocycles. The molecule has 5 heteroatoms. The standard InChI is InChI=1S/C17H17N3OS/c1-10(2)15-8-13(12-6-4-5-7-14(12)19-15)16(21)20-17-18-9-11(3)22-17/h4-10H,1-3H3,(H,18,20,21). The van der Waals surface area contributed by atoms with Crippen LogP contribution in [0.2, 0.25) is 0 Å². The molecule has 112 valence electrons. The average molecular weight is 311 g/mol. The summed E-state index contributed by atoms with van der Waals surface area (Å²) >= 11 is 1.47. The van der Waals surface area contributed by atoms with Gasteiger partial charge in [0.1, 0.15) is 0 Å². The predicted octanol–water partition coefficient (Wildman–Crippen LogP) is 4.38. The number of fused-ring (bicyclic) bond motifs is 1. The van der Waals surface area contributed by atoms with E-state index in [4.69, 9.17) is 0 Å². The van der Waals surface area contributed by atoms with Crippen molar-refractivity contribution in [2.75, 3.05) is 5.32 Å². The van der Waals surface area contributed by atoms with E-state index in [0.29, 0.717) is 10.7 Å². The van der Waals surface area contributed by atoms with Crippen LogP contribution in [0.3, 0.4) is 0 Å². The van der Waals surface area contributed by atoms with E-state index in [2.05, 4.69) is 29.1 Å². The summed E-state index contributed by atoms with van der Waals surface area (Å²) < 4.78 is 0. The van der Waals surface area contributed by atoms with Crippen LogP contribution in [-0.2, 0) is 0 Å². The van der Waals surface area contributed by atoms with Crippen molar-refractivity contribution >= 4 is 33.3 Å². The first-order valence-electron chi connectivity index (χ1n) is 7.18. The Morgan fingerprint density at radius 3 is 2.73 bits per heavy atom. The number of aromatic nitrogens is 2. The lowest BCUT2D eigenvalue weighted by Gasteiger charge is -2.11. The molecule has 3 aromatic rings. The summed E-state index contributed by atoms with van der Waals surface area (Å²) in [5, 5.41) is 4.36. The van der Waals surface area contributed by atoms with E-state index >= 15 is 0 Å². The summed E-state index contributed by atoms with van der Waals surface area (Å²) in [4.78, 5) is 22.5. The van der Waals surface area contributed by atoms with Gasteiger partial charge in [-0.25, -0.2) is 4.98 Å². The molecule has 0 aliphatic heterocycles. The van der Waals surface area contributed by atoms with Crippen molar-refractivity contribution in [2.45, 2.75) is 26.7 Å². The van der Waals surface area contributed by atoms with E-state index in [1.54, 1.807) is 6.20 Å². The van der Waals surface area contributed by atoms with Crippen LogP contribution in [0.1, 0.15) is 40.7 Å². The number of amides is 1. The van der Waals surface area contributed by atoms with Crippen molar-refractivity contribution in [3.63, 3.8) is 0 Å². The zero-order valence-electron chi connectivity index (χ0n) is 12.8. The highest BCUT2D eigenvalue weighted by Crippen LogP contribution is 2.24. The Hall–Kier alpha value is -2.27. The second kappa shape index (κ2) is 5.85. The number of hydrogen-bond donors (Lipinski definition) is 1. The lowest BCUT2D eigenvalue weighted by Crippen LogP contribution is -2.13. The second-order valence-corrected chi connectivity index (χ2v) is 6.73. The third kappa shape index (κ3) is 2.85. The fourth-order valence-corrected chi connectivity index (χ4v) is 2.92. The minimum Gasteiger partial charge on any atom is -0.298 e. The maximum Gasteiger partial charge on any atom is 0.258 e. The number of pyridine rings is 1. The zero-order valence-corrected chi connectivity index (χ0v) is 13.6. The summed E-state index contributed by atoms with van der Waals surface area (Å²) in [5.74, 6) is 0.119. The van der Waals surface area contributed by atoms with Crippen molar-refractivity contribution in [3.8, 4) is 0 Å². The number of carbonyl (C=O) groups excluding carboxylic acids is 1. The van der Waals surface area contributed by atoms with Gasteiger partial charge in [-0.05, 0) is 25.0 Å². The molecule has 0 radical (unpaired) electrons. The maximum absolute atomic E-state index is 12.6. The van der Waals surface area contributed by atoms with Crippen molar-refractivity contribution in [1.29, 1.82) is 0 Å². The fraction of sp³-hybridized carbons (Fsp3) is 0.235. The molecule has 0 atom stereocenters. The number of rotatable bonds is 3. The Bertz CT molecular complexity index is 839. The maximum atomic E-state index is 12.6. The van der Waals surface area contributed by atoms with Crippen LogP contribution >= 0.6 is 11.3 Å². The minimum atomic E-state index is -0.144. The number of nitrogens with zero attached hydrogens (tertiary/aromatic N) is 2. The van der Waals surface area contributed by atoms with Crippen LogP contribution < -0.4 is 5.32 Å². The number of carbonyl (C=O) groups is 1. The lowest BCUT2D eigenvalue weighted by atomic mass is 10.0. The monoisotopic (exact) mass is 311 g/mol. The van der Waals surface area contributed by atoms with Crippen LogP contribution in [0.15, 0.2) is 36.5 Å². The number of hydrogen-bond acceptors (Lipinski definition) is 4. The normalized spacial score (nSPS) is 11.1. The number of anilines is 1. The summed E-state index contributed by atoms with van der Waals surface area (Å²) in [6, 6.07) is 9.59. The van der Waals surface area contributed by atoms with Gasteiger partial charge < -0.3 is 0 Å². The Labute approximate surface area is 133 Å². The van der Waals surface area contributed by atoms with Crippen molar-refractivity contribution in [1.82, 2.24) is 9.97 Å². The summed E-state index contributed by atoms with van der Waals surface area (Å²) in [5.41, 5.74) is 2.40. The molecule has 0 spiro atoms. The molecule has 4 nitrogen and oxygen atoms in total. The van der Waals surface area contributed by atoms with E-state index in [1.165, 1.54) is 11.3 Å². The Kier molecular flexibility index (Phi) is 3.90. The van der Waals surface area contributed by atoms with Crippen LogP contribution in [0, 0.1) is 6.92 Å². The highest BCUT2D eigenvalue weighted by atomic mass is 32.1. The van der Waals surface area contributed by atoms with Gasteiger partial charge >= 0.3 is 0 Å². The summed E-state index contributed by atoms with van der Waals surface area (Å²) in [6.07, 6.45) is 1.75. The molecular weight excluding hydrogens is 294 g/mol. The van der Waals surface area contributed by atoms with E-state index < -0.39 is 0 Å². The molecule has 0 unspecified atom stereocenters. The molecule has 1 aromatic carbocycles. The molecule has 0 saturated carbocycles.